The Morgan fingerprint density at radius 1 is 1.32 bits per heavy atom. The molecule has 1 aromatic heterocycles. The monoisotopic (exact) mass is 266 g/mol. The number of carbonyl (C=O) groups excluding carboxylic acids is 1. The maximum absolute atomic E-state index is 11.8. The fourth-order valence-corrected chi connectivity index (χ4v) is 2.38. The van der Waals surface area contributed by atoms with Gasteiger partial charge in [0, 0.05) is 12.1 Å². The summed E-state index contributed by atoms with van der Waals surface area (Å²) in [5.74, 6) is -0.953. The number of furan rings is 1. The van der Waals surface area contributed by atoms with Crippen LogP contribution in [0.5, 0.6) is 0 Å². The molecule has 1 aliphatic rings. The smallest absolute Gasteiger partial charge is 0.329 e. The molecular weight excluding hydrogens is 248 g/mol. The number of urea groups is 1. The number of hydrogen-bond donors (Lipinski definition) is 3. The van der Waals surface area contributed by atoms with Crippen molar-refractivity contribution in [3.05, 3.63) is 24.2 Å². The Morgan fingerprint density at radius 3 is 2.63 bits per heavy atom. The van der Waals surface area contributed by atoms with Crippen LogP contribution in [0.3, 0.4) is 0 Å². The highest BCUT2D eigenvalue weighted by Crippen LogP contribution is 2.28. The topological polar surface area (TPSA) is 91.6 Å². The molecule has 19 heavy (non-hydrogen) atoms. The van der Waals surface area contributed by atoms with Crippen LogP contribution < -0.4 is 10.6 Å². The summed E-state index contributed by atoms with van der Waals surface area (Å²) >= 11 is 0. The molecule has 1 fully saturated rings. The van der Waals surface area contributed by atoms with Gasteiger partial charge in [-0.3, -0.25) is 0 Å². The molecule has 3 N–H and O–H groups in total. The molecule has 2 amide bonds. The molecule has 6 nitrogen and oxygen atoms in total. The van der Waals surface area contributed by atoms with Gasteiger partial charge in [-0.25, -0.2) is 9.59 Å². The predicted octanol–water partition coefficient (Wildman–Crippen LogP) is 1.87. The molecule has 1 aliphatic carbocycles. The molecule has 0 atom stereocenters. The second-order valence-electron chi connectivity index (χ2n) is 4.89. The minimum atomic E-state index is -1.11. The van der Waals surface area contributed by atoms with Gasteiger partial charge in [0.15, 0.2) is 0 Å². The van der Waals surface area contributed by atoms with Gasteiger partial charge in [0.25, 0.3) is 0 Å². The van der Waals surface area contributed by atoms with E-state index in [1.54, 1.807) is 6.07 Å². The van der Waals surface area contributed by atoms with E-state index < -0.39 is 17.5 Å². The van der Waals surface area contributed by atoms with Gasteiger partial charge < -0.3 is 20.2 Å². The second kappa shape index (κ2) is 5.77. The van der Waals surface area contributed by atoms with E-state index in [0.29, 0.717) is 19.4 Å². The SMILES string of the molecule is O=C(NCc1ccoc1)NC1(C(=O)O)CCCCC1. The Hall–Kier alpha value is -1.98. The molecule has 0 spiro atoms. The second-order valence-corrected chi connectivity index (χ2v) is 4.89. The maximum Gasteiger partial charge on any atom is 0.329 e. The molecule has 0 unspecified atom stereocenters. The van der Waals surface area contributed by atoms with Gasteiger partial charge >= 0.3 is 12.0 Å². The zero-order chi connectivity index (χ0) is 13.7. The van der Waals surface area contributed by atoms with Crippen LogP contribution in [0.2, 0.25) is 0 Å². The van der Waals surface area contributed by atoms with E-state index in [1.165, 1.54) is 12.5 Å². The third kappa shape index (κ3) is 3.27. The lowest BCUT2D eigenvalue weighted by Crippen LogP contribution is -2.57. The van der Waals surface area contributed by atoms with Crippen molar-refractivity contribution in [1.82, 2.24) is 10.6 Å². The van der Waals surface area contributed by atoms with Crippen LogP contribution in [0.1, 0.15) is 37.7 Å². The number of hydrogen-bond acceptors (Lipinski definition) is 3. The number of nitrogens with one attached hydrogen (secondary N) is 2. The largest absolute Gasteiger partial charge is 0.480 e. The minimum absolute atomic E-state index is 0.317. The van der Waals surface area contributed by atoms with Gasteiger partial charge in [-0.15, -0.1) is 0 Å². The average molecular weight is 266 g/mol. The lowest BCUT2D eigenvalue weighted by molar-refractivity contribution is -0.145. The van der Waals surface area contributed by atoms with Crippen LogP contribution in [-0.4, -0.2) is 22.6 Å². The first-order valence-electron chi connectivity index (χ1n) is 6.43. The van der Waals surface area contributed by atoms with Crippen LogP contribution >= 0.6 is 0 Å². The van der Waals surface area contributed by atoms with Crippen LogP contribution in [0, 0.1) is 0 Å². The van der Waals surface area contributed by atoms with Crippen molar-refractivity contribution in [2.75, 3.05) is 0 Å². The van der Waals surface area contributed by atoms with Crippen LogP contribution in [0.15, 0.2) is 23.0 Å². The molecule has 0 aromatic carbocycles. The molecule has 1 heterocycles. The summed E-state index contributed by atoms with van der Waals surface area (Å²) in [6.07, 6.45) is 6.71. The summed E-state index contributed by atoms with van der Waals surface area (Å²) in [7, 11) is 0. The molecule has 2 rings (SSSR count). The van der Waals surface area contributed by atoms with Crippen molar-refractivity contribution >= 4 is 12.0 Å². The number of aliphatic carboxylic acids is 1. The highest BCUT2D eigenvalue weighted by molar-refractivity contribution is 5.86. The fraction of sp³-hybridized carbons (Fsp3) is 0.538. The van der Waals surface area contributed by atoms with E-state index >= 15 is 0 Å². The van der Waals surface area contributed by atoms with Gasteiger partial charge in [-0.05, 0) is 18.9 Å². The summed E-state index contributed by atoms with van der Waals surface area (Å²) in [6, 6.07) is 1.29. The lowest BCUT2D eigenvalue weighted by atomic mass is 9.82. The summed E-state index contributed by atoms with van der Waals surface area (Å²) in [4.78, 5) is 23.2. The van der Waals surface area contributed by atoms with Crippen LogP contribution in [0.25, 0.3) is 0 Å². The molecule has 1 aromatic rings. The summed E-state index contributed by atoms with van der Waals surface area (Å²) in [5.41, 5.74) is -0.276. The molecule has 0 aliphatic heterocycles. The van der Waals surface area contributed by atoms with Gasteiger partial charge in [0.2, 0.25) is 0 Å². The van der Waals surface area contributed by atoms with Gasteiger partial charge in [0.1, 0.15) is 5.54 Å². The minimum Gasteiger partial charge on any atom is -0.480 e. The Bertz CT molecular complexity index is 436. The lowest BCUT2D eigenvalue weighted by Gasteiger charge is -2.33. The van der Waals surface area contributed by atoms with Crippen molar-refractivity contribution in [2.45, 2.75) is 44.2 Å². The van der Waals surface area contributed by atoms with Gasteiger partial charge in [0.05, 0.1) is 12.5 Å². The van der Waals surface area contributed by atoms with Crippen molar-refractivity contribution < 1.29 is 19.1 Å². The maximum atomic E-state index is 11.8. The predicted molar refractivity (Wildman–Crippen MR) is 67.5 cm³/mol. The third-order valence-corrected chi connectivity index (χ3v) is 3.50. The standard InChI is InChI=1S/C13H18N2O4/c16-11(17)13(5-2-1-3-6-13)15-12(18)14-8-10-4-7-19-9-10/h4,7,9H,1-3,5-6,8H2,(H,16,17)(H2,14,15,18). The van der Waals surface area contributed by atoms with E-state index in [1.807, 2.05) is 0 Å². The first-order valence-corrected chi connectivity index (χ1v) is 6.43. The van der Waals surface area contributed by atoms with Crippen molar-refractivity contribution in [3.8, 4) is 0 Å². The van der Waals surface area contributed by atoms with E-state index in [2.05, 4.69) is 10.6 Å². The zero-order valence-electron chi connectivity index (χ0n) is 10.6. The molecule has 1 saturated carbocycles. The van der Waals surface area contributed by atoms with E-state index in [-0.39, 0.29) is 0 Å². The first kappa shape index (κ1) is 13.5. The van der Waals surface area contributed by atoms with Gasteiger partial charge in [-0.1, -0.05) is 19.3 Å². The Balaban J connectivity index is 1.90. The number of carboxylic acids is 1. The quantitative estimate of drug-likeness (QED) is 0.775. The summed E-state index contributed by atoms with van der Waals surface area (Å²) in [6.45, 7) is 0.317. The van der Waals surface area contributed by atoms with Crippen molar-refractivity contribution in [1.29, 1.82) is 0 Å². The molecule has 0 saturated heterocycles. The zero-order valence-corrected chi connectivity index (χ0v) is 10.6. The highest BCUT2D eigenvalue weighted by Gasteiger charge is 2.40. The number of rotatable bonds is 4. The average Bonchev–Trinajstić information content (AvgIpc) is 2.90. The molecule has 0 bridgehead atoms. The number of carboxylic acid groups (broad SMARTS) is 1. The normalized spacial score (nSPS) is 17.7. The van der Waals surface area contributed by atoms with Crippen LogP contribution in [0.4, 0.5) is 4.79 Å². The molecule has 6 heteroatoms. The van der Waals surface area contributed by atoms with E-state index in [0.717, 1.165) is 24.8 Å². The highest BCUT2D eigenvalue weighted by atomic mass is 16.4. The Morgan fingerprint density at radius 2 is 2.05 bits per heavy atom. The van der Waals surface area contributed by atoms with E-state index in [4.69, 9.17) is 4.42 Å². The third-order valence-electron chi connectivity index (χ3n) is 3.50. The molecular formula is C13H18N2O4. The fourth-order valence-electron chi connectivity index (χ4n) is 2.38. The first-order chi connectivity index (χ1) is 9.12. The van der Waals surface area contributed by atoms with Crippen molar-refractivity contribution in [2.24, 2.45) is 0 Å². The molecule has 104 valence electrons. The number of carbonyl (C=O) groups is 2. The molecule has 0 radical (unpaired) electrons. The Labute approximate surface area is 111 Å². The van der Waals surface area contributed by atoms with Gasteiger partial charge in [-0.2, -0.15) is 0 Å². The summed E-state index contributed by atoms with van der Waals surface area (Å²) < 4.78 is 4.89. The van der Waals surface area contributed by atoms with Crippen molar-refractivity contribution in [3.63, 3.8) is 0 Å². The Kier molecular flexibility index (Phi) is 4.09. The van der Waals surface area contributed by atoms with Crippen LogP contribution in [-0.2, 0) is 11.3 Å². The number of amides is 2. The van der Waals surface area contributed by atoms with E-state index in [9.17, 15) is 14.7 Å². The summed E-state index contributed by atoms with van der Waals surface area (Å²) in [5, 5.41) is 14.6.